The molecule has 0 amide bonds. The highest BCUT2D eigenvalue weighted by Crippen LogP contribution is 2.24. The van der Waals surface area contributed by atoms with Gasteiger partial charge in [-0.15, -0.1) is 5.10 Å². The molecule has 9 heavy (non-hydrogen) atoms. The Hall–Kier alpha value is -0.230. The molecule has 1 aromatic rings. The fourth-order valence-electron chi connectivity index (χ4n) is 0.366. The van der Waals surface area contributed by atoms with Crippen molar-refractivity contribution >= 4 is 21.6 Å². The summed E-state index contributed by atoms with van der Waals surface area (Å²) < 4.78 is 1.64. The maximum atomic E-state index is 3.75. The van der Waals surface area contributed by atoms with Gasteiger partial charge in [-0.1, -0.05) is 10.8 Å². The van der Waals surface area contributed by atoms with Crippen LogP contribution in [-0.2, 0) is 7.05 Å². The van der Waals surface area contributed by atoms with E-state index in [-0.39, 0.29) is 0 Å². The SMILES string of the molecule is CSSc1nnnn1C. The molecule has 0 aromatic carbocycles. The first-order chi connectivity index (χ1) is 4.34. The van der Waals surface area contributed by atoms with Crippen LogP contribution in [0.15, 0.2) is 5.16 Å². The summed E-state index contributed by atoms with van der Waals surface area (Å²) in [5.41, 5.74) is 0. The highest BCUT2D eigenvalue weighted by Gasteiger charge is 1.98. The standard InChI is InChI=1S/C3H6N4S2/c1-7-3(9-8-2)4-5-6-7/h1-2H3. The summed E-state index contributed by atoms with van der Waals surface area (Å²) in [6.45, 7) is 0. The molecule has 0 aliphatic heterocycles. The van der Waals surface area contributed by atoms with Gasteiger partial charge >= 0.3 is 0 Å². The fraction of sp³-hybridized carbons (Fsp3) is 0.667. The van der Waals surface area contributed by atoms with Gasteiger partial charge in [0.25, 0.3) is 0 Å². The second kappa shape index (κ2) is 3.07. The molecule has 1 heterocycles. The number of rotatable bonds is 2. The summed E-state index contributed by atoms with van der Waals surface area (Å²) in [4.78, 5) is 0. The quantitative estimate of drug-likeness (QED) is 0.595. The van der Waals surface area contributed by atoms with Crippen LogP contribution in [0.5, 0.6) is 0 Å². The van der Waals surface area contributed by atoms with Crippen molar-refractivity contribution in [2.45, 2.75) is 5.16 Å². The fourth-order valence-corrected chi connectivity index (χ4v) is 1.60. The maximum absolute atomic E-state index is 3.75. The van der Waals surface area contributed by atoms with Crippen LogP contribution < -0.4 is 0 Å². The van der Waals surface area contributed by atoms with E-state index in [4.69, 9.17) is 0 Å². The second-order valence-corrected chi connectivity index (χ2v) is 3.70. The summed E-state index contributed by atoms with van der Waals surface area (Å²) >= 11 is 0. The van der Waals surface area contributed by atoms with E-state index >= 15 is 0 Å². The first kappa shape index (κ1) is 6.88. The monoisotopic (exact) mass is 162 g/mol. The minimum absolute atomic E-state index is 0.836. The largest absolute Gasteiger partial charge is 0.223 e. The third kappa shape index (κ3) is 1.59. The van der Waals surface area contributed by atoms with Crippen molar-refractivity contribution in [2.75, 3.05) is 6.26 Å². The molecule has 0 saturated heterocycles. The minimum atomic E-state index is 0.836. The predicted molar refractivity (Wildman–Crippen MR) is 38.2 cm³/mol. The van der Waals surface area contributed by atoms with E-state index in [1.165, 1.54) is 0 Å². The lowest BCUT2D eigenvalue weighted by Crippen LogP contribution is -1.90. The van der Waals surface area contributed by atoms with Gasteiger partial charge in [0.1, 0.15) is 0 Å². The van der Waals surface area contributed by atoms with Crippen molar-refractivity contribution in [2.24, 2.45) is 7.05 Å². The summed E-state index contributed by atoms with van der Waals surface area (Å²) in [6.07, 6.45) is 1.99. The average molecular weight is 162 g/mol. The van der Waals surface area contributed by atoms with Crippen LogP contribution in [0.2, 0.25) is 0 Å². The Morgan fingerprint density at radius 3 is 2.78 bits per heavy atom. The Labute approximate surface area is 60.8 Å². The normalized spacial score (nSPS) is 10.0. The van der Waals surface area contributed by atoms with Gasteiger partial charge in [-0.05, 0) is 27.5 Å². The number of tetrazole rings is 1. The zero-order valence-electron chi connectivity index (χ0n) is 5.11. The Kier molecular flexibility index (Phi) is 2.35. The Bertz CT molecular complexity index is 186. The van der Waals surface area contributed by atoms with E-state index < -0.39 is 0 Å². The molecule has 0 unspecified atom stereocenters. The number of nitrogens with zero attached hydrogens (tertiary/aromatic N) is 4. The van der Waals surface area contributed by atoms with E-state index in [9.17, 15) is 0 Å². The third-order valence-corrected chi connectivity index (χ3v) is 2.35. The van der Waals surface area contributed by atoms with E-state index in [0.29, 0.717) is 0 Å². The molecule has 0 atom stereocenters. The van der Waals surface area contributed by atoms with E-state index in [0.717, 1.165) is 5.16 Å². The van der Waals surface area contributed by atoms with Crippen molar-refractivity contribution in [3.63, 3.8) is 0 Å². The lowest BCUT2D eigenvalue weighted by Gasteiger charge is -1.90. The molecule has 50 valence electrons. The number of aromatic nitrogens is 4. The van der Waals surface area contributed by atoms with Crippen LogP contribution >= 0.6 is 21.6 Å². The third-order valence-electron chi connectivity index (χ3n) is 0.739. The highest BCUT2D eigenvalue weighted by atomic mass is 33.1. The Morgan fingerprint density at radius 2 is 2.33 bits per heavy atom. The topological polar surface area (TPSA) is 43.6 Å². The number of hydrogen-bond acceptors (Lipinski definition) is 5. The molecule has 0 N–H and O–H groups in total. The zero-order valence-corrected chi connectivity index (χ0v) is 6.74. The molecule has 0 radical (unpaired) electrons. The van der Waals surface area contributed by atoms with Crippen LogP contribution in [0.4, 0.5) is 0 Å². The van der Waals surface area contributed by atoms with Gasteiger partial charge in [0, 0.05) is 7.05 Å². The molecule has 1 aromatic heterocycles. The van der Waals surface area contributed by atoms with Gasteiger partial charge in [0.05, 0.1) is 0 Å². The summed E-state index contributed by atoms with van der Waals surface area (Å²) in [6, 6.07) is 0. The number of hydrogen-bond donors (Lipinski definition) is 0. The molecular formula is C3H6N4S2. The molecule has 1 rings (SSSR count). The zero-order chi connectivity index (χ0) is 6.69. The lowest BCUT2D eigenvalue weighted by molar-refractivity contribution is 0.666. The summed E-state index contributed by atoms with van der Waals surface area (Å²) in [5.74, 6) is 0. The predicted octanol–water partition coefficient (Wildman–Crippen LogP) is 0.580. The van der Waals surface area contributed by atoms with Crippen LogP contribution in [0.3, 0.4) is 0 Å². The molecule has 0 fully saturated rings. The molecule has 0 bridgehead atoms. The van der Waals surface area contributed by atoms with Gasteiger partial charge in [0.15, 0.2) is 0 Å². The van der Waals surface area contributed by atoms with Crippen molar-refractivity contribution in [1.29, 1.82) is 0 Å². The van der Waals surface area contributed by atoms with Crippen molar-refractivity contribution < 1.29 is 0 Å². The maximum Gasteiger partial charge on any atom is 0.219 e. The van der Waals surface area contributed by atoms with Gasteiger partial charge in [-0.2, -0.15) is 0 Å². The van der Waals surface area contributed by atoms with Crippen molar-refractivity contribution in [3.05, 3.63) is 0 Å². The van der Waals surface area contributed by atoms with Crippen LogP contribution in [0, 0.1) is 0 Å². The van der Waals surface area contributed by atoms with Gasteiger partial charge < -0.3 is 0 Å². The molecule has 0 saturated carbocycles. The van der Waals surface area contributed by atoms with Crippen LogP contribution in [0.1, 0.15) is 0 Å². The average Bonchev–Trinajstić information content (AvgIpc) is 2.18. The summed E-state index contributed by atoms with van der Waals surface area (Å²) in [5, 5.41) is 11.7. The second-order valence-electron chi connectivity index (χ2n) is 1.34. The molecule has 0 aliphatic carbocycles. The van der Waals surface area contributed by atoms with Gasteiger partial charge in [-0.3, -0.25) is 0 Å². The van der Waals surface area contributed by atoms with Crippen molar-refractivity contribution in [3.8, 4) is 0 Å². The molecule has 0 aliphatic rings. The minimum Gasteiger partial charge on any atom is -0.223 e. The van der Waals surface area contributed by atoms with Gasteiger partial charge in [-0.25, -0.2) is 4.68 Å². The molecule has 6 heteroatoms. The van der Waals surface area contributed by atoms with Gasteiger partial charge in [0.2, 0.25) is 5.16 Å². The molecular weight excluding hydrogens is 156 g/mol. The smallest absolute Gasteiger partial charge is 0.219 e. The van der Waals surface area contributed by atoms with Crippen LogP contribution in [0.25, 0.3) is 0 Å². The van der Waals surface area contributed by atoms with E-state index in [1.807, 2.05) is 13.3 Å². The Balaban J connectivity index is 2.69. The first-order valence-corrected chi connectivity index (χ1v) is 4.83. The summed E-state index contributed by atoms with van der Waals surface area (Å²) in [7, 11) is 5.00. The molecule has 0 spiro atoms. The van der Waals surface area contributed by atoms with E-state index in [2.05, 4.69) is 15.5 Å². The van der Waals surface area contributed by atoms with Crippen molar-refractivity contribution in [1.82, 2.24) is 20.2 Å². The van der Waals surface area contributed by atoms with E-state index in [1.54, 1.807) is 26.3 Å². The number of aryl methyl sites for hydroxylation is 1. The lowest BCUT2D eigenvalue weighted by atomic mass is 11.2. The Morgan fingerprint density at radius 1 is 1.56 bits per heavy atom. The highest BCUT2D eigenvalue weighted by molar-refractivity contribution is 8.76. The van der Waals surface area contributed by atoms with Crippen LogP contribution in [-0.4, -0.2) is 26.5 Å². The molecule has 4 nitrogen and oxygen atoms in total. The first-order valence-electron chi connectivity index (χ1n) is 2.27.